The van der Waals surface area contributed by atoms with E-state index in [2.05, 4.69) is 0 Å². The van der Waals surface area contributed by atoms with Crippen LogP contribution in [0.2, 0.25) is 0 Å². The predicted molar refractivity (Wildman–Crippen MR) is 114 cm³/mol. The number of hydrogen-bond acceptors (Lipinski definition) is 6. The van der Waals surface area contributed by atoms with Gasteiger partial charge in [0.2, 0.25) is 11.8 Å². The molecule has 2 aliphatic rings. The lowest BCUT2D eigenvalue weighted by Gasteiger charge is -2.30. The fraction of sp³-hybridized carbons (Fsp3) is 0.333. The van der Waals surface area contributed by atoms with Gasteiger partial charge >= 0.3 is 12.2 Å². The van der Waals surface area contributed by atoms with E-state index in [4.69, 9.17) is 9.47 Å². The van der Waals surface area contributed by atoms with Gasteiger partial charge in [0.1, 0.15) is 25.3 Å². The zero-order valence-electron chi connectivity index (χ0n) is 17.8. The first-order valence-corrected chi connectivity index (χ1v) is 10.5. The van der Waals surface area contributed by atoms with E-state index in [-0.39, 0.29) is 13.2 Å². The van der Waals surface area contributed by atoms with Gasteiger partial charge in [-0.1, -0.05) is 60.7 Å². The summed E-state index contributed by atoms with van der Waals surface area (Å²) in [5.74, 6) is -2.11. The van der Waals surface area contributed by atoms with Gasteiger partial charge in [0.05, 0.1) is 11.8 Å². The van der Waals surface area contributed by atoms with Crippen LogP contribution < -0.4 is 0 Å². The van der Waals surface area contributed by atoms with Gasteiger partial charge in [-0.25, -0.2) is 19.4 Å². The summed E-state index contributed by atoms with van der Waals surface area (Å²) in [5.41, 5.74) is 1.50. The molecule has 2 aromatic rings. The van der Waals surface area contributed by atoms with Crippen molar-refractivity contribution in [1.82, 2.24) is 9.80 Å². The molecular formula is C24H24N2O6. The molecular weight excluding hydrogens is 412 g/mol. The first kappa shape index (κ1) is 21.5. The number of rotatable bonds is 5. The van der Waals surface area contributed by atoms with Crippen molar-refractivity contribution in [2.45, 2.75) is 37.8 Å². The van der Waals surface area contributed by atoms with E-state index in [9.17, 15) is 19.2 Å². The lowest BCUT2D eigenvalue weighted by molar-refractivity contribution is -0.135. The molecule has 8 heteroatoms. The van der Waals surface area contributed by atoms with E-state index in [0.29, 0.717) is 0 Å². The molecule has 4 rings (SSSR count). The van der Waals surface area contributed by atoms with Gasteiger partial charge in [-0.05, 0) is 25.0 Å². The smallest absolute Gasteiger partial charge is 0.417 e. The molecule has 0 unspecified atom stereocenters. The largest absolute Gasteiger partial charge is 0.447 e. The van der Waals surface area contributed by atoms with Crippen LogP contribution in [-0.4, -0.2) is 59.1 Å². The zero-order chi connectivity index (χ0) is 22.8. The highest BCUT2D eigenvalue weighted by Crippen LogP contribution is 2.30. The summed E-state index contributed by atoms with van der Waals surface area (Å²) in [6, 6.07) is 16.5. The van der Waals surface area contributed by atoms with Crippen molar-refractivity contribution >= 4 is 24.0 Å². The quantitative estimate of drug-likeness (QED) is 0.714. The number of cyclic esters (lactones) is 2. The summed E-state index contributed by atoms with van der Waals surface area (Å²) >= 11 is 0. The minimum absolute atomic E-state index is 0.114. The number of carbonyl (C=O) groups is 4. The Morgan fingerprint density at radius 3 is 1.41 bits per heavy atom. The summed E-state index contributed by atoms with van der Waals surface area (Å²) in [5, 5.41) is 0. The lowest BCUT2D eigenvalue weighted by Crippen LogP contribution is -2.55. The summed E-state index contributed by atoms with van der Waals surface area (Å²) in [6.45, 7) is 3.18. The van der Waals surface area contributed by atoms with Crippen LogP contribution in [0.15, 0.2) is 60.7 Å². The number of imide groups is 2. The number of hydrogen-bond donors (Lipinski definition) is 0. The highest BCUT2D eigenvalue weighted by atomic mass is 16.6. The Morgan fingerprint density at radius 2 is 1.06 bits per heavy atom. The molecule has 2 aromatic carbocycles. The van der Waals surface area contributed by atoms with Crippen LogP contribution in [0.4, 0.5) is 9.59 Å². The summed E-state index contributed by atoms with van der Waals surface area (Å²) < 4.78 is 10.3. The Kier molecular flexibility index (Phi) is 5.94. The Hall–Kier alpha value is -3.68. The third-order valence-corrected chi connectivity index (χ3v) is 6.07. The highest BCUT2D eigenvalue weighted by Gasteiger charge is 2.52. The summed E-state index contributed by atoms with van der Waals surface area (Å²) in [4.78, 5) is 53.5. The summed E-state index contributed by atoms with van der Waals surface area (Å²) in [6.07, 6.45) is -1.57. The molecule has 0 saturated carbocycles. The molecule has 0 radical (unpaired) electrons. The lowest BCUT2D eigenvalue weighted by atomic mass is 9.97. The average Bonchev–Trinajstić information content (AvgIpc) is 3.40. The molecule has 4 atom stereocenters. The van der Waals surface area contributed by atoms with Gasteiger partial charge in [0, 0.05) is 0 Å². The highest BCUT2D eigenvalue weighted by molar-refractivity contribution is 5.99. The molecule has 8 nitrogen and oxygen atoms in total. The molecule has 2 fully saturated rings. The van der Waals surface area contributed by atoms with Crippen molar-refractivity contribution in [3.63, 3.8) is 0 Å². The van der Waals surface area contributed by atoms with Crippen LogP contribution >= 0.6 is 0 Å². The van der Waals surface area contributed by atoms with Crippen molar-refractivity contribution in [2.24, 2.45) is 0 Å². The van der Waals surface area contributed by atoms with E-state index in [1.54, 1.807) is 38.1 Å². The Balaban J connectivity index is 1.59. The van der Waals surface area contributed by atoms with Crippen molar-refractivity contribution in [2.75, 3.05) is 13.2 Å². The van der Waals surface area contributed by atoms with Gasteiger partial charge in [0.25, 0.3) is 0 Å². The maximum absolute atomic E-state index is 13.2. The van der Waals surface area contributed by atoms with Crippen LogP contribution in [0.3, 0.4) is 0 Å². The number of nitrogens with zero attached hydrogens (tertiary/aromatic N) is 2. The topological polar surface area (TPSA) is 93.2 Å². The van der Waals surface area contributed by atoms with Gasteiger partial charge in [0.15, 0.2) is 0 Å². The molecule has 166 valence electrons. The van der Waals surface area contributed by atoms with E-state index in [1.165, 1.54) is 0 Å². The number of amides is 4. The first-order valence-electron chi connectivity index (χ1n) is 10.5. The van der Waals surface area contributed by atoms with E-state index >= 15 is 0 Å². The monoisotopic (exact) mass is 436 g/mol. The van der Waals surface area contributed by atoms with E-state index in [1.807, 2.05) is 36.4 Å². The summed E-state index contributed by atoms with van der Waals surface area (Å²) in [7, 11) is 0. The molecule has 32 heavy (non-hydrogen) atoms. The van der Waals surface area contributed by atoms with Crippen LogP contribution in [0, 0.1) is 0 Å². The normalized spacial score (nSPS) is 22.3. The molecule has 2 heterocycles. The van der Waals surface area contributed by atoms with Gasteiger partial charge in [-0.15, -0.1) is 0 Å². The second-order valence-corrected chi connectivity index (χ2v) is 7.97. The second-order valence-electron chi connectivity index (χ2n) is 7.97. The van der Waals surface area contributed by atoms with Crippen molar-refractivity contribution in [3.8, 4) is 0 Å². The fourth-order valence-electron chi connectivity index (χ4n) is 4.13. The Bertz CT molecular complexity index is 942. The van der Waals surface area contributed by atoms with Gasteiger partial charge in [-0.2, -0.15) is 0 Å². The SMILES string of the molecule is C[C@H](C(=O)N1C(=O)OC[C@@H]1[C@H]1COC(=O)N1C(=O)[C@@H](C)c1ccccc1)c1ccccc1. The molecule has 0 aliphatic carbocycles. The molecule has 2 saturated heterocycles. The fourth-order valence-corrected chi connectivity index (χ4v) is 4.13. The van der Waals surface area contributed by atoms with Crippen LogP contribution in [0.1, 0.15) is 36.8 Å². The van der Waals surface area contributed by atoms with Crippen molar-refractivity contribution in [3.05, 3.63) is 71.8 Å². The first-order chi connectivity index (χ1) is 15.4. The number of carbonyl (C=O) groups excluding carboxylic acids is 4. The zero-order valence-corrected chi connectivity index (χ0v) is 17.8. The molecule has 2 aliphatic heterocycles. The maximum Gasteiger partial charge on any atom is 0.417 e. The Morgan fingerprint density at radius 1 is 0.719 bits per heavy atom. The third-order valence-electron chi connectivity index (χ3n) is 6.07. The number of benzene rings is 2. The minimum Gasteiger partial charge on any atom is -0.447 e. The predicted octanol–water partition coefficient (Wildman–Crippen LogP) is 3.29. The Labute approximate surface area is 185 Å². The van der Waals surface area contributed by atoms with Gasteiger partial charge in [-0.3, -0.25) is 9.59 Å². The van der Waals surface area contributed by atoms with Crippen LogP contribution in [0.25, 0.3) is 0 Å². The molecule has 0 N–H and O–H groups in total. The maximum atomic E-state index is 13.2. The molecule has 0 spiro atoms. The van der Waals surface area contributed by atoms with E-state index in [0.717, 1.165) is 20.9 Å². The number of ether oxygens (including phenoxy) is 2. The van der Waals surface area contributed by atoms with Crippen molar-refractivity contribution in [1.29, 1.82) is 0 Å². The standard InChI is InChI=1S/C24H24N2O6/c1-15(17-9-5-3-6-10-17)21(27)25-19(13-31-23(25)29)20-14-32-24(30)26(20)22(28)16(2)18-11-7-4-8-12-18/h3-12,15-16,19-20H,13-14H2,1-2H3/t15-,16-,19+,20+/m0/s1. The third kappa shape index (κ3) is 3.84. The molecule has 0 aromatic heterocycles. The average molecular weight is 436 g/mol. The molecule has 4 amide bonds. The van der Waals surface area contributed by atoms with Crippen LogP contribution in [0.5, 0.6) is 0 Å². The van der Waals surface area contributed by atoms with Crippen molar-refractivity contribution < 1.29 is 28.7 Å². The van der Waals surface area contributed by atoms with Crippen LogP contribution in [-0.2, 0) is 19.1 Å². The minimum atomic E-state index is -0.820. The second kappa shape index (κ2) is 8.82. The van der Waals surface area contributed by atoms with E-state index < -0.39 is 47.9 Å². The molecule has 0 bridgehead atoms. The van der Waals surface area contributed by atoms with Gasteiger partial charge < -0.3 is 9.47 Å².